The lowest BCUT2D eigenvalue weighted by atomic mass is 10.2. The van der Waals surface area contributed by atoms with Crippen molar-refractivity contribution in [2.45, 2.75) is 18.9 Å². The smallest absolute Gasteiger partial charge is 0.326 e. The molecule has 1 aliphatic rings. The molecule has 1 aromatic rings. The van der Waals surface area contributed by atoms with E-state index in [-0.39, 0.29) is 5.69 Å². The number of hydrogen-bond donors (Lipinski definition) is 2. The summed E-state index contributed by atoms with van der Waals surface area (Å²) in [5, 5.41) is 11.5. The second-order valence-corrected chi connectivity index (χ2v) is 5.10. The fraction of sp³-hybridized carbons (Fsp3) is 0.333. The Balaban J connectivity index is 2.12. The lowest BCUT2D eigenvalue weighted by Crippen LogP contribution is -2.42. The average molecular weight is 331 g/mol. The van der Waals surface area contributed by atoms with Crippen LogP contribution in [0, 0.1) is 5.82 Å². The molecule has 5 nitrogen and oxygen atoms in total. The van der Waals surface area contributed by atoms with Gasteiger partial charge in [0.2, 0.25) is 0 Å². The highest BCUT2D eigenvalue weighted by Crippen LogP contribution is 2.25. The normalized spacial score (nSPS) is 18.4. The zero-order valence-electron chi connectivity index (χ0n) is 9.90. The number of nitrogens with one attached hydrogen (secondary N) is 1. The van der Waals surface area contributed by atoms with Crippen molar-refractivity contribution in [1.82, 2.24) is 4.90 Å². The SMILES string of the molecule is O=C(O)C1CCCN1C(=O)Nc1cc(F)ccc1Br. The van der Waals surface area contributed by atoms with Gasteiger partial charge in [0.15, 0.2) is 0 Å². The van der Waals surface area contributed by atoms with E-state index in [1.54, 1.807) is 0 Å². The Labute approximate surface area is 117 Å². The summed E-state index contributed by atoms with van der Waals surface area (Å²) in [5.41, 5.74) is 0.279. The number of benzene rings is 1. The maximum absolute atomic E-state index is 13.1. The van der Waals surface area contributed by atoms with E-state index in [1.807, 2.05) is 0 Å². The first-order valence-electron chi connectivity index (χ1n) is 5.74. The quantitative estimate of drug-likeness (QED) is 0.875. The molecular formula is C12H12BrFN2O3. The number of urea groups is 1. The third kappa shape index (κ3) is 3.04. The molecule has 0 aliphatic carbocycles. The highest BCUT2D eigenvalue weighted by molar-refractivity contribution is 9.10. The van der Waals surface area contributed by atoms with Crippen LogP contribution >= 0.6 is 15.9 Å². The van der Waals surface area contributed by atoms with Gasteiger partial charge in [0.25, 0.3) is 0 Å². The van der Waals surface area contributed by atoms with Gasteiger partial charge in [-0.25, -0.2) is 14.0 Å². The summed E-state index contributed by atoms with van der Waals surface area (Å²) < 4.78 is 13.6. The fourth-order valence-electron chi connectivity index (χ4n) is 2.05. The molecule has 0 saturated carbocycles. The minimum Gasteiger partial charge on any atom is -0.480 e. The molecule has 2 rings (SSSR count). The molecule has 0 aromatic heterocycles. The maximum Gasteiger partial charge on any atom is 0.326 e. The van der Waals surface area contributed by atoms with Gasteiger partial charge in [-0.2, -0.15) is 0 Å². The zero-order valence-corrected chi connectivity index (χ0v) is 11.5. The standard InChI is InChI=1S/C12H12BrFN2O3/c13-8-4-3-7(14)6-9(8)15-12(19)16-5-1-2-10(16)11(17)18/h3-4,6,10H,1-2,5H2,(H,15,19)(H,17,18). The Kier molecular flexibility index (Phi) is 4.04. The number of carbonyl (C=O) groups excluding carboxylic acids is 1. The van der Waals surface area contributed by atoms with Crippen LogP contribution in [-0.4, -0.2) is 34.6 Å². The van der Waals surface area contributed by atoms with Crippen LogP contribution in [0.1, 0.15) is 12.8 Å². The van der Waals surface area contributed by atoms with Gasteiger partial charge in [0.05, 0.1) is 5.69 Å². The molecule has 2 N–H and O–H groups in total. The van der Waals surface area contributed by atoms with Crippen LogP contribution in [0.25, 0.3) is 0 Å². The Morgan fingerprint density at radius 3 is 2.89 bits per heavy atom. The topological polar surface area (TPSA) is 69.6 Å². The van der Waals surface area contributed by atoms with Gasteiger partial charge in [-0.15, -0.1) is 0 Å². The Morgan fingerprint density at radius 1 is 1.47 bits per heavy atom. The van der Waals surface area contributed by atoms with Crippen molar-refractivity contribution >= 4 is 33.6 Å². The molecule has 0 radical (unpaired) electrons. The van der Waals surface area contributed by atoms with Crippen LogP contribution in [0.4, 0.5) is 14.9 Å². The molecule has 19 heavy (non-hydrogen) atoms. The maximum atomic E-state index is 13.1. The largest absolute Gasteiger partial charge is 0.480 e. The molecule has 1 aliphatic heterocycles. The number of rotatable bonds is 2. The molecule has 1 aromatic carbocycles. The second kappa shape index (κ2) is 5.56. The van der Waals surface area contributed by atoms with Crippen molar-refractivity contribution < 1.29 is 19.1 Å². The highest BCUT2D eigenvalue weighted by atomic mass is 79.9. The van der Waals surface area contributed by atoms with Crippen LogP contribution in [0.5, 0.6) is 0 Å². The number of carboxylic acid groups (broad SMARTS) is 1. The molecule has 0 bridgehead atoms. The summed E-state index contributed by atoms with van der Waals surface area (Å²) in [5.74, 6) is -1.50. The van der Waals surface area contributed by atoms with E-state index in [0.717, 1.165) is 0 Å². The lowest BCUT2D eigenvalue weighted by molar-refractivity contribution is -0.141. The molecule has 1 saturated heterocycles. The van der Waals surface area contributed by atoms with Gasteiger partial charge in [0.1, 0.15) is 11.9 Å². The van der Waals surface area contributed by atoms with Gasteiger partial charge in [-0.1, -0.05) is 0 Å². The average Bonchev–Trinajstić information content (AvgIpc) is 2.83. The van der Waals surface area contributed by atoms with Crippen molar-refractivity contribution in [3.8, 4) is 0 Å². The third-order valence-electron chi connectivity index (χ3n) is 2.97. The molecule has 2 amide bonds. The van der Waals surface area contributed by atoms with Gasteiger partial charge in [-0.3, -0.25) is 0 Å². The van der Waals surface area contributed by atoms with Crippen molar-refractivity contribution in [2.24, 2.45) is 0 Å². The third-order valence-corrected chi connectivity index (χ3v) is 3.66. The van der Waals surface area contributed by atoms with E-state index in [0.29, 0.717) is 23.9 Å². The molecule has 1 heterocycles. The van der Waals surface area contributed by atoms with E-state index in [2.05, 4.69) is 21.2 Å². The summed E-state index contributed by atoms with van der Waals surface area (Å²) >= 11 is 3.20. The van der Waals surface area contributed by atoms with E-state index in [4.69, 9.17) is 5.11 Å². The van der Waals surface area contributed by atoms with E-state index in [9.17, 15) is 14.0 Å². The van der Waals surface area contributed by atoms with Crippen LogP contribution in [0.15, 0.2) is 22.7 Å². The van der Waals surface area contributed by atoms with Gasteiger partial charge >= 0.3 is 12.0 Å². The summed E-state index contributed by atoms with van der Waals surface area (Å²) in [7, 11) is 0. The Bertz CT molecular complexity index is 524. The lowest BCUT2D eigenvalue weighted by Gasteiger charge is -2.22. The van der Waals surface area contributed by atoms with Crippen LogP contribution in [0.2, 0.25) is 0 Å². The minimum atomic E-state index is -1.02. The molecule has 7 heteroatoms. The van der Waals surface area contributed by atoms with Crippen LogP contribution < -0.4 is 5.32 Å². The first-order chi connectivity index (χ1) is 8.99. The van der Waals surface area contributed by atoms with Crippen LogP contribution in [-0.2, 0) is 4.79 Å². The van der Waals surface area contributed by atoms with E-state index in [1.165, 1.54) is 23.1 Å². The van der Waals surface area contributed by atoms with Crippen molar-refractivity contribution in [1.29, 1.82) is 0 Å². The van der Waals surface area contributed by atoms with Gasteiger partial charge in [0, 0.05) is 11.0 Å². The summed E-state index contributed by atoms with van der Waals surface area (Å²) in [6.45, 7) is 0.385. The predicted octanol–water partition coefficient (Wildman–Crippen LogP) is 2.67. The number of aliphatic carboxylic acids is 1. The number of hydrogen-bond acceptors (Lipinski definition) is 2. The molecule has 1 fully saturated rings. The Hall–Kier alpha value is -1.63. The predicted molar refractivity (Wildman–Crippen MR) is 70.5 cm³/mol. The first-order valence-corrected chi connectivity index (χ1v) is 6.54. The minimum absolute atomic E-state index is 0.279. The zero-order chi connectivity index (χ0) is 14.0. The van der Waals surface area contributed by atoms with Crippen molar-refractivity contribution in [3.05, 3.63) is 28.5 Å². The number of likely N-dealkylation sites (tertiary alicyclic amines) is 1. The fourth-order valence-corrected chi connectivity index (χ4v) is 2.39. The van der Waals surface area contributed by atoms with E-state index < -0.39 is 23.9 Å². The molecule has 1 unspecified atom stereocenters. The highest BCUT2D eigenvalue weighted by Gasteiger charge is 2.34. The van der Waals surface area contributed by atoms with Gasteiger partial charge in [-0.05, 0) is 47.0 Å². The number of halogens is 2. The monoisotopic (exact) mass is 330 g/mol. The summed E-state index contributed by atoms with van der Waals surface area (Å²) in [6.07, 6.45) is 1.09. The molecule has 1 atom stereocenters. The van der Waals surface area contributed by atoms with Crippen molar-refractivity contribution in [3.63, 3.8) is 0 Å². The number of nitrogens with zero attached hydrogens (tertiary/aromatic N) is 1. The summed E-state index contributed by atoms with van der Waals surface area (Å²) in [6, 6.07) is 2.57. The first kappa shape index (κ1) is 13.8. The van der Waals surface area contributed by atoms with E-state index >= 15 is 0 Å². The Morgan fingerprint density at radius 2 is 2.21 bits per heavy atom. The second-order valence-electron chi connectivity index (χ2n) is 4.24. The molecule has 102 valence electrons. The number of carboxylic acids is 1. The summed E-state index contributed by atoms with van der Waals surface area (Å²) in [4.78, 5) is 24.2. The number of amides is 2. The number of anilines is 1. The molecular weight excluding hydrogens is 319 g/mol. The molecule has 0 spiro atoms. The van der Waals surface area contributed by atoms with Gasteiger partial charge < -0.3 is 15.3 Å². The number of carbonyl (C=O) groups is 2. The van der Waals surface area contributed by atoms with Crippen molar-refractivity contribution in [2.75, 3.05) is 11.9 Å². The van der Waals surface area contributed by atoms with Crippen LogP contribution in [0.3, 0.4) is 0 Å².